The van der Waals surface area contributed by atoms with Crippen LogP contribution in [0, 0.1) is 5.82 Å². The summed E-state index contributed by atoms with van der Waals surface area (Å²) in [6.45, 7) is 0. The van der Waals surface area contributed by atoms with Crippen molar-refractivity contribution in [1.82, 2.24) is 4.98 Å². The van der Waals surface area contributed by atoms with E-state index in [4.69, 9.17) is 0 Å². The number of aromatic nitrogens is 1. The Labute approximate surface area is 190 Å². The normalized spacial score (nSPS) is 11.9. The number of hydrogen-bond acceptors (Lipinski definition) is 6. The number of aromatic hydroxyl groups is 1. The molecule has 2 aromatic carbocycles. The lowest BCUT2D eigenvalue weighted by atomic mass is 10.2. The molecule has 12 heteroatoms. The molecule has 1 heterocycles. The van der Waals surface area contributed by atoms with Crippen LogP contribution in [0.5, 0.6) is 5.75 Å². The van der Waals surface area contributed by atoms with Gasteiger partial charge in [0.25, 0.3) is 5.91 Å². The smallest absolute Gasteiger partial charge is 0.416 e. The molecular formula is C21H16F4N2O4S2. The number of phenolic OH excluding ortho intramolecular Hbond substituents is 1. The zero-order valence-electron chi connectivity index (χ0n) is 16.6. The second-order valence-corrected chi connectivity index (χ2v) is 9.86. The van der Waals surface area contributed by atoms with Crippen LogP contribution in [0.4, 0.5) is 23.2 Å². The summed E-state index contributed by atoms with van der Waals surface area (Å²) < 4.78 is 76.7. The van der Waals surface area contributed by atoms with Gasteiger partial charge in [0.05, 0.1) is 27.5 Å². The summed E-state index contributed by atoms with van der Waals surface area (Å²) in [6.07, 6.45) is -3.25. The maximum absolute atomic E-state index is 13.1. The van der Waals surface area contributed by atoms with E-state index >= 15 is 0 Å². The van der Waals surface area contributed by atoms with Gasteiger partial charge in [0, 0.05) is 18.0 Å². The monoisotopic (exact) mass is 500 g/mol. The van der Waals surface area contributed by atoms with Crippen LogP contribution in [0.1, 0.15) is 15.9 Å². The fourth-order valence-electron chi connectivity index (χ4n) is 2.72. The van der Waals surface area contributed by atoms with Crippen LogP contribution >= 0.6 is 11.8 Å². The predicted molar refractivity (Wildman–Crippen MR) is 114 cm³/mol. The van der Waals surface area contributed by atoms with Gasteiger partial charge in [-0.05, 0) is 42.5 Å². The van der Waals surface area contributed by atoms with Crippen molar-refractivity contribution in [2.45, 2.75) is 16.1 Å². The minimum atomic E-state index is -4.67. The number of carbonyl (C=O) groups excluding carboxylic acids is 1. The molecule has 0 bridgehead atoms. The lowest BCUT2D eigenvalue weighted by molar-refractivity contribution is -0.137. The molecule has 1 aromatic heterocycles. The van der Waals surface area contributed by atoms with Gasteiger partial charge >= 0.3 is 6.18 Å². The van der Waals surface area contributed by atoms with E-state index in [1.54, 1.807) is 0 Å². The van der Waals surface area contributed by atoms with Crippen molar-refractivity contribution in [2.75, 3.05) is 16.8 Å². The van der Waals surface area contributed by atoms with Gasteiger partial charge in [-0.25, -0.2) is 17.8 Å². The predicted octanol–water partition coefficient (Wildman–Crippen LogP) is 4.76. The van der Waals surface area contributed by atoms with Gasteiger partial charge in [-0.2, -0.15) is 13.2 Å². The quantitative estimate of drug-likeness (QED) is 0.359. The highest BCUT2D eigenvalue weighted by Crippen LogP contribution is 2.31. The molecule has 0 fully saturated rings. The second-order valence-electron chi connectivity index (χ2n) is 6.66. The molecular weight excluding hydrogens is 484 g/mol. The number of hydrogen-bond donors (Lipinski definition) is 2. The number of halogens is 4. The zero-order chi connectivity index (χ0) is 24.2. The molecule has 2 N–H and O–H groups in total. The number of pyridine rings is 1. The lowest BCUT2D eigenvalue weighted by Crippen LogP contribution is -2.14. The molecule has 0 atom stereocenters. The maximum Gasteiger partial charge on any atom is 0.416 e. The van der Waals surface area contributed by atoms with E-state index in [2.05, 4.69) is 10.3 Å². The first-order valence-corrected chi connectivity index (χ1v) is 11.9. The Balaban J connectivity index is 1.70. The van der Waals surface area contributed by atoms with Crippen LogP contribution in [-0.4, -0.2) is 35.9 Å². The van der Waals surface area contributed by atoms with Crippen LogP contribution in [0.3, 0.4) is 0 Å². The summed E-state index contributed by atoms with van der Waals surface area (Å²) in [5.41, 5.74) is -1.02. The van der Waals surface area contributed by atoms with Gasteiger partial charge in [-0.1, -0.05) is 6.07 Å². The standard InChI is InChI=1S/C21H16F4N2O4S2/c22-14-6-7-16(18(28)12-14)19(29)27-17-5-2-8-26-20(17)32-9-10-33(30,31)15-4-1-3-13(11-15)21(23,24)25/h1-8,11-12,28H,9-10H2,(H,27,29). The molecule has 3 rings (SSSR count). The van der Waals surface area contributed by atoms with Gasteiger partial charge in [-0.3, -0.25) is 4.79 Å². The van der Waals surface area contributed by atoms with Gasteiger partial charge in [0.15, 0.2) is 9.84 Å². The van der Waals surface area contributed by atoms with E-state index in [1.165, 1.54) is 18.3 Å². The Kier molecular flexibility index (Phi) is 7.28. The average molecular weight is 500 g/mol. The van der Waals surface area contributed by atoms with E-state index < -0.39 is 49.7 Å². The third kappa shape index (κ3) is 6.23. The minimum Gasteiger partial charge on any atom is -0.507 e. The average Bonchev–Trinajstić information content (AvgIpc) is 2.74. The van der Waals surface area contributed by atoms with Crippen molar-refractivity contribution in [1.29, 1.82) is 0 Å². The van der Waals surface area contributed by atoms with Crippen molar-refractivity contribution in [3.8, 4) is 5.75 Å². The highest BCUT2D eigenvalue weighted by molar-refractivity contribution is 8.00. The minimum absolute atomic E-state index is 0.0553. The molecule has 174 valence electrons. The number of nitrogens with zero attached hydrogens (tertiary/aromatic N) is 1. The van der Waals surface area contributed by atoms with Crippen LogP contribution in [0.25, 0.3) is 0 Å². The summed E-state index contributed by atoms with van der Waals surface area (Å²) in [6, 6.07) is 9.40. The highest BCUT2D eigenvalue weighted by atomic mass is 32.2. The van der Waals surface area contributed by atoms with E-state index in [9.17, 15) is 35.9 Å². The molecule has 0 unspecified atom stereocenters. The van der Waals surface area contributed by atoms with E-state index in [0.717, 1.165) is 48.2 Å². The number of amides is 1. The third-order valence-corrected chi connectivity index (χ3v) is 7.31. The van der Waals surface area contributed by atoms with Gasteiger partial charge in [0.1, 0.15) is 16.6 Å². The first kappa shape index (κ1) is 24.5. The van der Waals surface area contributed by atoms with Gasteiger partial charge in [0.2, 0.25) is 0 Å². The number of nitrogens with one attached hydrogen (secondary N) is 1. The highest BCUT2D eigenvalue weighted by Gasteiger charge is 2.31. The molecule has 33 heavy (non-hydrogen) atoms. The fraction of sp³-hybridized carbons (Fsp3) is 0.143. The van der Waals surface area contributed by atoms with E-state index in [0.29, 0.717) is 6.07 Å². The second kappa shape index (κ2) is 9.79. The largest absolute Gasteiger partial charge is 0.507 e. The van der Waals surface area contributed by atoms with Gasteiger partial charge in [-0.15, -0.1) is 11.8 Å². The molecule has 0 aliphatic rings. The Hall–Kier alpha value is -3.12. The first-order chi connectivity index (χ1) is 15.5. The molecule has 0 spiro atoms. The lowest BCUT2D eigenvalue weighted by Gasteiger charge is -2.11. The number of thioether (sulfide) groups is 1. The van der Waals surface area contributed by atoms with Crippen molar-refractivity contribution in [3.63, 3.8) is 0 Å². The molecule has 0 aliphatic carbocycles. The van der Waals surface area contributed by atoms with Crippen LogP contribution in [-0.2, 0) is 16.0 Å². The molecule has 1 amide bonds. The van der Waals surface area contributed by atoms with Crippen molar-refractivity contribution in [2.24, 2.45) is 0 Å². The third-order valence-electron chi connectivity index (χ3n) is 4.34. The molecule has 0 saturated heterocycles. The molecule has 0 radical (unpaired) electrons. The Bertz CT molecular complexity index is 1280. The summed E-state index contributed by atoms with van der Waals surface area (Å²) in [5, 5.41) is 12.5. The van der Waals surface area contributed by atoms with Crippen molar-refractivity contribution in [3.05, 3.63) is 77.7 Å². The molecule has 0 aliphatic heterocycles. The number of alkyl halides is 3. The molecule has 0 saturated carbocycles. The fourth-order valence-corrected chi connectivity index (χ4v) is 5.36. The summed E-state index contributed by atoms with van der Waals surface area (Å²) >= 11 is 0.972. The number of phenols is 1. The molecule has 6 nitrogen and oxygen atoms in total. The van der Waals surface area contributed by atoms with Gasteiger partial charge < -0.3 is 10.4 Å². The number of rotatable bonds is 7. The summed E-state index contributed by atoms with van der Waals surface area (Å²) in [5.74, 6) is -2.54. The number of anilines is 1. The van der Waals surface area contributed by atoms with Crippen molar-refractivity contribution >= 4 is 33.2 Å². The number of benzene rings is 2. The van der Waals surface area contributed by atoms with Crippen LogP contribution in [0.2, 0.25) is 0 Å². The Morgan fingerprint density at radius 2 is 1.85 bits per heavy atom. The van der Waals surface area contributed by atoms with E-state index in [1.807, 2.05) is 0 Å². The van der Waals surface area contributed by atoms with Crippen molar-refractivity contribution < 1.29 is 35.9 Å². The van der Waals surface area contributed by atoms with Crippen LogP contribution in [0.15, 0.2) is 70.7 Å². The summed E-state index contributed by atoms with van der Waals surface area (Å²) in [4.78, 5) is 16.0. The first-order valence-electron chi connectivity index (χ1n) is 9.25. The Morgan fingerprint density at radius 3 is 2.55 bits per heavy atom. The number of carbonyl (C=O) groups is 1. The number of sulfone groups is 1. The SMILES string of the molecule is O=C(Nc1cccnc1SCCS(=O)(=O)c1cccc(C(F)(F)F)c1)c1ccc(F)cc1O. The molecule has 3 aromatic rings. The van der Waals surface area contributed by atoms with Crippen LogP contribution < -0.4 is 5.32 Å². The maximum atomic E-state index is 13.1. The Morgan fingerprint density at radius 1 is 1.09 bits per heavy atom. The zero-order valence-corrected chi connectivity index (χ0v) is 18.3. The topological polar surface area (TPSA) is 96.4 Å². The summed E-state index contributed by atoms with van der Waals surface area (Å²) in [7, 11) is -4.01. The van der Waals surface area contributed by atoms with E-state index in [-0.39, 0.29) is 22.0 Å².